The summed E-state index contributed by atoms with van der Waals surface area (Å²) in [7, 11) is 4.72. The highest BCUT2D eigenvalue weighted by atomic mass is 16.5. The Hall–Kier alpha value is -4.59. The Morgan fingerprint density at radius 1 is 0.919 bits per heavy atom. The number of nitrogens with one attached hydrogen (secondary N) is 1. The number of aryl methyl sites for hydroxylation is 2. The summed E-state index contributed by atoms with van der Waals surface area (Å²) < 4.78 is 12.5. The van der Waals surface area contributed by atoms with E-state index in [4.69, 9.17) is 14.6 Å². The van der Waals surface area contributed by atoms with Crippen LogP contribution >= 0.6 is 0 Å². The third-order valence-corrected chi connectivity index (χ3v) is 6.10. The Kier molecular flexibility index (Phi) is 7.57. The van der Waals surface area contributed by atoms with Gasteiger partial charge in [0.05, 0.1) is 32.0 Å². The molecule has 4 aromatic rings. The maximum Gasteiger partial charge on any atom is 0.257 e. The van der Waals surface area contributed by atoms with Gasteiger partial charge in [0.25, 0.3) is 5.91 Å². The fraction of sp³-hybridized carbons (Fsp3) is 0.207. The molecule has 0 saturated heterocycles. The first kappa shape index (κ1) is 25.5. The van der Waals surface area contributed by atoms with Gasteiger partial charge < -0.3 is 19.7 Å². The minimum atomic E-state index is -0.330. The van der Waals surface area contributed by atoms with E-state index in [1.807, 2.05) is 68.4 Å². The van der Waals surface area contributed by atoms with Gasteiger partial charge in [0.2, 0.25) is 5.91 Å². The van der Waals surface area contributed by atoms with Gasteiger partial charge in [0.15, 0.2) is 11.5 Å². The molecule has 0 bridgehead atoms. The van der Waals surface area contributed by atoms with Gasteiger partial charge in [0.1, 0.15) is 5.69 Å². The minimum Gasteiger partial charge on any atom is -0.493 e. The maximum atomic E-state index is 13.6. The van der Waals surface area contributed by atoms with E-state index in [1.54, 1.807) is 44.3 Å². The highest BCUT2D eigenvalue weighted by molar-refractivity contribution is 6.03. The van der Waals surface area contributed by atoms with Crippen LogP contribution in [0.5, 0.6) is 11.5 Å². The van der Waals surface area contributed by atoms with Crippen LogP contribution in [0.1, 0.15) is 21.5 Å². The molecule has 0 unspecified atom stereocenters. The fourth-order valence-corrected chi connectivity index (χ4v) is 4.12. The summed E-state index contributed by atoms with van der Waals surface area (Å²) in [6, 6.07) is 20.7. The maximum absolute atomic E-state index is 13.6. The monoisotopic (exact) mass is 498 g/mol. The van der Waals surface area contributed by atoms with Crippen molar-refractivity contribution < 1.29 is 19.1 Å². The molecular formula is C29H30N4O4. The molecule has 0 aliphatic heterocycles. The first-order valence-corrected chi connectivity index (χ1v) is 11.8. The van der Waals surface area contributed by atoms with Crippen LogP contribution in [0, 0.1) is 13.8 Å². The summed E-state index contributed by atoms with van der Waals surface area (Å²) in [5.74, 6) is 0.482. The summed E-state index contributed by atoms with van der Waals surface area (Å²) in [5.41, 5.74) is 5.00. The van der Waals surface area contributed by atoms with Gasteiger partial charge in [-0.2, -0.15) is 5.10 Å². The van der Waals surface area contributed by atoms with Crippen LogP contribution in [0.25, 0.3) is 16.9 Å². The molecular weight excluding hydrogens is 468 g/mol. The smallest absolute Gasteiger partial charge is 0.257 e. The largest absolute Gasteiger partial charge is 0.493 e. The van der Waals surface area contributed by atoms with Gasteiger partial charge >= 0.3 is 0 Å². The summed E-state index contributed by atoms with van der Waals surface area (Å²) in [4.78, 5) is 27.9. The molecule has 2 amide bonds. The SMILES string of the molecule is COc1ccc(-c2nn(-c3ccccc3)cc2C(=O)N(C)CC(=O)Nc2c(C)cccc2C)cc1OC. The molecule has 8 heteroatoms. The molecule has 4 rings (SSSR count). The van der Waals surface area contributed by atoms with Crippen molar-refractivity contribution in [1.82, 2.24) is 14.7 Å². The van der Waals surface area contributed by atoms with E-state index >= 15 is 0 Å². The summed E-state index contributed by atoms with van der Waals surface area (Å²) in [6.07, 6.45) is 1.68. The van der Waals surface area contributed by atoms with Gasteiger partial charge in [-0.25, -0.2) is 4.68 Å². The van der Waals surface area contributed by atoms with Crippen molar-refractivity contribution in [3.05, 3.63) is 89.6 Å². The molecule has 3 aromatic carbocycles. The average Bonchev–Trinajstić information content (AvgIpc) is 3.36. The summed E-state index contributed by atoms with van der Waals surface area (Å²) >= 11 is 0. The lowest BCUT2D eigenvalue weighted by Gasteiger charge is -2.18. The quantitative estimate of drug-likeness (QED) is 0.374. The molecule has 0 saturated carbocycles. The van der Waals surface area contributed by atoms with Crippen molar-refractivity contribution in [1.29, 1.82) is 0 Å². The number of ether oxygens (including phenoxy) is 2. The number of methoxy groups -OCH3 is 2. The Morgan fingerprint density at radius 3 is 2.24 bits per heavy atom. The topological polar surface area (TPSA) is 85.7 Å². The van der Waals surface area contributed by atoms with Gasteiger partial charge in [-0.15, -0.1) is 0 Å². The molecule has 0 fully saturated rings. The van der Waals surface area contributed by atoms with Crippen molar-refractivity contribution in [3.8, 4) is 28.4 Å². The molecule has 0 spiro atoms. The van der Waals surface area contributed by atoms with Crippen LogP contribution in [-0.2, 0) is 4.79 Å². The van der Waals surface area contributed by atoms with E-state index in [-0.39, 0.29) is 18.4 Å². The second kappa shape index (κ2) is 11.0. The number of para-hydroxylation sites is 2. The number of benzene rings is 3. The van der Waals surface area contributed by atoms with Gasteiger partial charge in [-0.3, -0.25) is 9.59 Å². The zero-order valence-electron chi connectivity index (χ0n) is 21.6. The molecule has 0 radical (unpaired) electrons. The Morgan fingerprint density at radius 2 is 1.59 bits per heavy atom. The number of amides is 2. The van der Waals surface area contributed by atoms with Crippen molar-refractivity contribution in [3.63, 3.8) is 0 Å². The molecule has 8 nitrogen and oxygen atoms in total. The molecule has 1 N–H and O–H groups in total. The zero-order chi connectivity index (χ0) is 26.5. The van der Waals surface area contributed by atoms with E-state index in [9.17, 15) is 9.59 Å². The van der Waals surface area contributed by atoms with E-state index < -0.39 is 0 Å². The van der Waals surface area contributed by atoms with Crippen LogP contribution in [0.2, 0.25) is 0 Å². The summed E-state index contributed by atoms with van der Waals surface area (Å²) in [6.45, 7) is 3.75. The van der Waals surface area contributed by atoms with Gasteiger partial charge in [-0.05, 0) is 55.3 Å². The lowest BCUT2D eigenvalue weighted by atomic mass is 10.1. The lowest BCUT2D eigenvalue weighted by Crippen LogP contribution is -2.35. The number of rotatable bonds is 8. The van der Waals surface area contributed by atoms with Crippen molar-refractivity contribution in [2.24, 2.45) is 0 Å². The van der Waals surface area contributed by atoms with Gasteiger partial charge in [0, 0.05) is 24.5 Å². The Bertz CT molecular complexity index is 1410. The van der Waals surface area contributed by atoms with Crippen LogP contribution < -0.4 is 14.8 Å². The Balaban J connectivity index is 1.66. The second-order valence-electron chi connectivity index (χ2n) is 8.72. The first-order chi connectivity index (χ1) is 17.8. The number of hydrogen-bond acceptors (Lipinski definition) is 5. The third kappa shape index (κ3) is 5.48. The Labute approximate surface area is 216 Å². The van der Waals surface area contributed by atoms with Crippen molar-refractivity contribution >= 4 is 17.5 Å². The number of likely N-dealkylation sites (N-methyl/N-ethyl adjacent to an activating group) is 1. The number of nitrogens with zero attached hydrogens (tertiary/aromatic N) is 3. The van der Waals surface area contributed by atoms with Crippen molar-refractivity contribution in [2.45, 2.75) is 13.8 Å². The molecule has 1 aromatic heterocycles. The number of anilines is 1. The highest BCUT2D eigenvalue weighted by Crippen LogP contribution is 2.33. The molecule has 37 heavy (non-hydrogen) atoms. The van der Waals surface area contributed by atoms with E-state index in [0.29, 0.717) is 28.3 Å². The van der Waals surface area contributed by atoms with Crippen LogP contribution in [0.3, 0.4) is 0 Å². The molecule has 190 valence electrons. The number of carbonyl (C=O) groups excluding carboxylic acids is 2. The number of carbonyl (C=O) groups is 2. The predicted molar refractivity (Wildman–Crippen MR) is 144 cm³/mol. The van der Waals surface area contributed by atoms with Crippen molar-refractivity contribution in [2.75, 3.05) is 33.1 Å². The highest BCUT2D eigenvalue weighted by Gasteiger charge is 2.24. The predicted octanol–water partition coefficient (Wildman–Crippen LogP) is 4.88. The molecule has 0 aliphatic rings. The zero-order valence-corrected chi connectivity index (χ0v) is 21.6. The van der Waals surface area contributed by atoms with E-state index in [0.717, 1.165) is 22.5 Å². The van der Waals surface area contributed by atoms with E-state index in [1.165, 1.54) is 4.90 Å². The summed E-state index contributed by atoms with van der Waals surface area (Å²) in [5, 5.41) is 7.66. The van der Waals surface area contributed by atoms with Crippen LogP contribution in [-0.4, -0.2) is 54.3 Å². The minimum absolute atomic E-state index is 0.117. The first-order valence-electron chi connectivity index (χ1n) is 11.8. The number of hydrogen-bond donors (Lipinski definition) is 1. The van der Waals surface area contributed by atoms with E-state index in [2.05, 4.69) is 5.32 Å². The molecule has 1 heterocycles. The normalized spacial score (nSPS) is 10.6. The fourth-order valence-electron chi connectivity index (χ4n) is 4.12. The van der Waals surface area contributed by atoms with Gasteiger partial charge in [-0.1, -0.05) is 36.4 Å². The number of aromatic nitrogens is 2. The third-order valence-electron chi connectivity index (χ3n) is 6.10. The lowest BCUT2D eigenvalue weighted by molar-refractivity contribution is -0.116. The average molecular weight is 499 g/mol. The standard InChI is InChI=1S/C29H30N4O4/c1-19-10-9-11-20(2)27(19)30-26(34)18-32(3)29(35)23-17-33(22-12-7-6-8-13-22)31-28(23)21-14-15-24(36-4)25(16-21)37-5/h6-17H,18H2,1-5H3,(H,30,34). The van der Waals surface area contributed by atoms with Crippen LogP contribution in [0.15, 0.2) is 72.9 Å². The molecule has 0 aliphatic carbocycles. The second-order valence-corrected chi connectivity index (χ2v) is 8.72. The van der Waals surface area contributed by atoms with Crippen LogP contribution in [0.4, 0.5) is 5.69 Å². The molecule has 0 atom stereocenters.